The number of aryl methyl sites for hydroxylation is 2. The Morgan fingerprint density at radius 1 is 1.39 bits per heavy atom. The molecule has 1 aromatic rings. The van der Waals surface area contributed by atoms with Crippen LogP contribution in [-0.2, 0) is 24.3 Å². The topological polar surface area (TPSA) is 59.0 Å². The molecule has 0 radical (unpaired) electrons. The normalized spacial score (nSPS) is 10.6. The fourth-order valence-corrected chi connectivity index (χ4v) is 1.81. The van der Waals surface area contributed by atoms with E-state index in [1.165, 1.54) is 5.69 Å². The zero-order valence-electron chi connectivity index (χ0n) is 11.6. The van der Waals surface area contributed by atoms with Crippen molar-refractivity contribution >= 4 is 5.91 Å². The van der Waals surface area contributed by atoms with Crippen molar-refractivity contribution in [2.24, 2.45) is 0 Å². The highest BCUT2D eigenvalue weighted by Gasteiger charge is 2.05. The van der Waals surface area contributed by atoms with Crippen LogP contribution >= 0.6 is 0 Å². The number of hydrogen-bond donors (Lipinski definition) is 2. The smallest absolute Gasteiger partial charge is 0.221 e. The van der Waals surface area contributed by atoms with Crippen molar-refractivity contribution in [3.63, 3.8) is 0 Å². The Labute approximate surface area is 109 Å². The molecule has 0 saturated carbocycles. The molecule has 0 aliphatic heterocycles. The molecule has 102 valence electrons. The molecule has 0 atom stereocenters. The third-order valence-corrected chi connectivity index (χ3v) is 2.78. The molecular formula is C13H24N4O. The van der Waals surface area contributed by atoms with Gasteiger partial charge in [-0.2, -0.15) is 5.10 Å². The maximum Gasteiger partial charge on any atom is 0.221 e. The van der Waals surface area contributed by atoms with E-state index >= 15 is 0 Å². The highest BCUT2D eigenvalue weighted by atomic mass is 16.1. The van der Waals surface area contributed by atoms with Gasteiger partial charge >= 0.3 is 0 Å². The molecule has 1 amide bonds. The van der Waals surface area contributed by atoms with E-state index in [2.05, 4.69) is 35.6 Å². The van der Waals surface area contributed by atoms with E-state index in [4.69, 9.17) is 0 Å². The van der Waals surface area contributed by atoms with E-state index < -0.39 is 0 Å². The Kier molecular flexibility index (Phi) is 6.43. The van der Waals surface area contributed by atoms with Crippen LogP contribution < -0.4 is 10.6 Å². The first-order valence-electron chi connectivity index (χ1n) is 6.74. The highest BCUT2D eigenvalue weighted by molar-refractivity contribution is 5.75. The average Bonchev–Trinajstić information content (AvgIpc) is 2.77. The summed E-state index contributed by atoms with van der Waals surface area (Å²) in [5.41, 5.74) is 2.31. The predicted octanol–water partition coefficient (Wildman–Crippen LogP) is 1.08. The lowest BCUT2D eigenvalue weighted by Gasteiger charge is -2.06. The van der Waals surface area contributed by atoms with Crippen LogP contribution in [0.5, 0.6) is 0 Å². The summed E-state index contributed by atoms with van der Waals surface area (Å²) in [5, 5.41) is 10.6. The van der Waals surface area contributed by atoms with E-state index in [0.29, 0.717) is 19.5 Å². The van der Waals surface area contributed by atoms with Gasteiger partial charge in [0.15, 0.2) is 0 Å². The highest BCUT2D eigenvalue weighted by Crippen LogP contribution is 2.05. The molecule has 5 nitrogen and oxygen atoms in total. The van der Waals surface area contributed by atoms with E-state index in [1.54, 1.807) is 0 Å². The monoisotopic (exact) mass is 252 g/mol. The number of carbonyl (C=O) groups is 1. The molecule has 1 rings (SSSR count). The number of nitrogens with zero attached hydrogens (tertiary/aromatic N) is 2. The van der Waals surface area contributed by atoms with Crippen LogP contribution in [0, 0.1) is 0 Å². The molecule has 5 heteroatoms. The van der Waals surface area contributed by atoms with Gasteiger partial charge in [0.2, 0.25) is 5.91 Å². The van der Waals surface area contributed by atoms with Crippen LogP contribution in [0.3, 0.4) is 0 Å². The summed E-state index contributed by atoms with van der Waals surface area (Å²) in [6.45, 7) is 9.16. The first kappa shape index (κ1) is 14.7. The van der Waals surface area contributed by atoms with E-state index in [9.17, 15) is 4.79 Å². The summed E-state index contributed by atoms with van der Waals surface area (Å²) in [5.74, 6) is 0.100. The number of nitrogens with one attached hydrogen (secondary N) is 2. The molecular weight excluding hydrogens is 228 g/mol. The lowest BCUT2D eigenvalue weighted by atomic mass is 10.3. The second-order valence-electron chi connectivity index (χ2n) is 4.18. The van der Waals surface area contributed by atoms with Crippen LogP contribution in [0.1, 0.15) is 38.6 Å². The number of amides is 1. The van der Waals surface area contributed by atoms with Crippen molar-refractivity contribution in [3.05, 3.63) is 17.5 Å². The zero-order valence-corrected chi connectivity index (χ0v) is 11.6. The summed E-state index contributed by atoms with van der Waals surface area (Å²) in [6, 6.07) is 2.13. The fourth-order valence-electron chi connectivity index (χ4n) is 1.81. The van der Waals surface area contributed by atoms with Crippen LogP contribution in [0.25, 0.3) is 0 Å². The molecule has 18 heavy (non-hydrogen) atoms. The Morgan fingerprint density at radius 2 is 2.17 bits per heavy atom. The number of hydrogen-bond acceptors (Lipinski definition) is 3. The van der Waals surface area contributed by atoms with Gasteiger partial charge in [-0.25, -0.2) is 0 Å². The Balaban J connectivity index is 2.34. The largest absolute Gasteiger partial charge is 0.356 e. The second kappa shape index (κ2) is 7.87. The molecule has 0 spiro atoms. The van der Waals surface area contributed by atoms with Gasteiger partial charge in [-0.05, 0) is 26.3 Å². The second-order valence-corrected chi connectivity index (χ2v) is 4.18. The summed E-state index contributed by atoms with van der Waals surface area (Å²) < 4.78 is 2.01. The third-order valence-electron chi connectivity index (χ3n) is 2.78. The maximum absolute atomic E-state index is 11.3. The van der Waals surface area contributed by atoms with Gasteiger partial charge in [0.25, 0.3) is 0 Å². The fraction of sp³-hybridized carbons (Fsp3) is 0.692. The van der Waals surface area contributed by atoms with Gasteiger partial charge in [0, 0.05) is 32.6 Å². The molecule has 2 N–H and O–H groups in total. The summed E-state index contributed by atoms with van der Waals surface area (Å²) in [6.07, 6.45) is 1.48. The molecule has 0 aromatic carbocycles. The van der Waals surface area contributed by atoms with Gasteiger partial charge in [-0.1, -0.05) is 6.92 Å². The van der Waals surface area contributed by atoms with Gasteiger partial charge in [0.05, 0.1) is 11.4 Å². The number of aromatic nitrogens is 2. The Morgan fingerprint density at radius 3 is 2.78 bits per heavy atom. The van der Waals surface area contributed by atoms with Crippen molar-refractivity contribution in [1.82, 2.24) is 20.4 Å². The number of carbonyl (C=O) groups excluding carboxylic acids is 1. The maximum atomic E-state index is 11.3. The zero-order chi connectivity index (χ0) is 13.4. The molecule has 0 aliphatic carbocycles. The van der Waals surface area contributed by atoms with E-state index in [-0.39, 0.29) is 5.91 Å². The molecule has 0 unspecified atom stereocenters. The SMILES string of the molecule is CCNC(=O)CCNCc1cc(CC)nn1CC. The van der Waals surface area contributed by atoms with E-state index in [1.807, 2.05) is 11.6 Å². The third kappa shape index (κ3) is 4.49. The summed E-state index contributed by atoms with van der Waals surface area (Å²) in [4.78, 5) is 11.3. The minimum atomic E-state index is 0.100. The first-order chi connectivity index (χ1) is 8.71. The molecule has 0 bridgehead atoms. The van der Waals surface area contributed by atoms with Gasteiger partial charge < -0.3 is 10.6 Å². The standard InChI is InChI=1S/C13H24N4O/c1-4-11-9-12(17(6-3)16-11)10-14-8-7-13(18)15-5-2/h9,14H,4-8,10H2,1-3H3,(H,15,18). The Bertz CT molecular complexity index is 373. The van der Waals surface area contributed by atoms with Crippen molar-refractivity contribution in [1.29, 1.82) is 0 Å². The van der Waals surface area contributed by atoms with Crippen molar-refractivity contribution < 1.29 is 4.79 Å². The minimum Gasteiger partial charge on any atom is -0.356 e. The minimum absolute atomic E-state index is 0.100. The molecule has 0 fully saturated rings. The average molecular weight is 252 g/mol. The Hall–Kier alpha value is -1.36. The van der Waals surface area contributed by atoms with Crippen molar-refractivity contribution in [2.75, 3.05) is 13.1 Å². The molecule has 1 heterocycles. The van der Waals surface area contributed by atoms with Crippen molar-refractivity contribution in [2.45, 2.75) is 46.7 Å². The first-order valence-corrected chi connectivity index (χ1v) is 6.74. The van der Waals surface area contributed by atoms with Crippen LogP contribution in [0.4, 0.5) is 0 Å². The quantitative estimate of drug-likeness (QED) is 0.681. The molecule has 0 aliphatic rings. The van der Waals surface area contributed by atoms with Crippen LogP contribution in [0.15, 0.2) is 6.07 Å². The van der Waals surface area contributed by atoms with Crippen LogP contribution in [-0.4, -0.2) is 28.8 Å². The molecule has 0 saturated heterocycles. The summed E-state index contributed by atoms with van der Waals surface area (Å²) >= 11 is 0. The lowest BCUT2D eigenvalue weighted by Crippen LogP contribution is -2.27. The lowest BCUT2D eigenvalue weighted by molar-refractivity contribution is -0.120. The van der Waals surface area contributed by atoms with E-state index in [0.717, 1.165) is 25.2 Å². The predicted molar refractivity (Wildman–Crippen MR) is 72.3 cm³/mol. The van der Waals surface area contributed by atoms with Gasteiger partial charge in [-0.15, -0.1) is 0 Å². The van der Waals surface area contributed by atoms with Crippen molar-refractivity contribution in [3.8, 4) is 0 Å². The van der Waals surface area contributed by atoms with Gasteiger partial charge in [-0.3, -0.25) is 9.48 Å². The summed E-state index contributed by atoms with van der Waals surface area (Å²) in [7, 11) is 0. The molecule has 1 aromatic heterocycles. The van der Waals surface area contributed by atoms with Crippen LogP contribution in [0.2, 0.25) is 0 Å². The van der Waals surface area contributed by atoms with Gasteiger partial charge in [0.1, 0.15) is 0 Å². The number of rotatable bonds is 8.